The first kappa shape index (κ1) is 17.6. The van der Waals surface area contributed by atoms with Gasteiger partial charge in [-0.15, -0.1) is 0 Å². The predicted octanol–water partition coefficient (Wildman–Crippen LogP) is 2.60. The third-order valence-corrected chi connectivity index (χ3v) is 7.64. The number of aliphatic hydroxyl groups is 1. The molecule has 1 saturated heterocycles. The Balaban J connectivity index is 1.62. The summed E-state index contributed by atoms with van der Waals surface area (Å²) in [6.07, 6.45) is 3.92. The Labute approximate surface area is 153 Å². The fraction of sp³-hybridized carbons (Fsp3) is 0.474. The number of benzene rings is 1. The number of rotatable bonds is 4. The second kappa shape index (κ2) is 6.40. The zero-order valence-electron chi connectivity index (χ0n) is 14.7. The summed E-state index contributed by atoms with van der Waals surface area (Å²) in [4.78, 5) is 0.249. The van der Waals surface area contributed by atoms with Gasteiger partial charge in [-0.25, -0.2) is 8.42 Å². The van der Waals surface area contributed by atoms with Crippen molar-refractivity contribution in [2.45, 2.75) is 29.8 Å². The van der Waals surface area contributed by atoms with Crippen LogP contribution in [0.3, 0.4) is 0 Å². The molecular weight excluding hydrogens is 354 g/mol. The minimum Gasteiger partial charge on any atom is -0.497 e. The Morgan fingerprint density at radius 2 is 2.00 bits per heavy atom. The smallest absolute Gasteiger partial charge is 0.243 e. The second-order valence-electron chi connectivity index (χ2n) is 7.16. The number of furan rings is 1. The normalized spacial score (nSPS) is 29.5. The van der Waals surface area contributed by atoms with E-state index in [-0.39, 0.29) is 16.7 Å². The highest BCUT2D eigenvalue weighted by Crippen LogP contribution is 2.49. The molecule has 2 aromatic rings. The van der Waals surface area contributed by atoms with Crippen molar-refractivity contribution in [2.75, 3.05) is 20.2 Å². The lowest BCUT2D eigenvalue weighted by atomic mass is 9.69. The van der Waals surface area contributed by atoms with Gasteiger partial charge in [0.25, 0.3) is 0 Å². The van der Waals surface area contributed by atoms with Gasteiger partial charge >= 0.3 is 0 Å². The molecule has 2 heterocycles. The van der Waals surface area contributed by atoms with Crippen molar-refractivity contribution < 1.29 is 22.7 Å². The van der Waals surface area contributed by atoms with Crippen LogP contribution in [0.15, 0.2) is 52.0 Å². The number of sulfonamides is 1. The number of hydrogen-bond donors (Lipinski definition) is 1. The number of hydrogen-bond acceptors (Lipinski definition) is 5. The Bertz CT molecular complexity index is 862. The molecule has 2 fully saturated rings. The number of ether oxygens (including phenoxy) is 1. The fourth-order valence-corrected chi connectivity index (χ4v) is 5.93. The largest absolute Gasteiger partial charge is 0.497 e. The van der Waals surface area contributed by atoms with Crippen LogP contribution < -0.4 is 4.74 Å². The molecule has 6 nitrogen and oxygen atoms in total. The number of fused-ring (bicyclic) bond motifs is 1. The summed E-state index contributed by atoms with van der Waals surface area (Å²) in [6, 6.07) is 9.97. The predicted molar refractivity (Wildman–Crippen MR) is 95.2 cm³/mol. The third-order valence-electron chi connectivity index (χ3n) is 5.80. The highest BCUT2D eigenvalue weighted by molar-refractivity contribution is 7.89. The van der Waals surface area contributed by atoms with Gasteiger partial charge in [0.15, 0.2) is 0 Å². The maximum absolute atomic E-state index is 13.1. The summed E-state index contributed by atoms with van der Waals surface area (Å²) in [5, 5.41) is 11.3. The van der Waals surface area contributed by atoms with Crippen molar-refractivity contribution in [3.8, 4) is 5.75 Å². The van der Waals surface area contributed by atoms with E-state index in [9.17, 15) is 13.5 Å². The summed E-state index contributed by atoms with van der Waals surface area (Å²) < 4.78 is 38.2. The number of nitrogens with zero attached hydrogens (tertiary/aromatic N) is 1. The number of methoxy groups -OCH3 is 1. The molecule has 1 saturated carbocycles. The molecule has 26 heavy (non-hydrogen) atoms. The lowest BCUT2D eigenvalue weighted by Gasteiger charge is -2.39. The third kappa shape index (κ3) is 2.74. The Hall–Kier alpha value is -1.83. The highest BCUT2D eigenvalue weighted by Gasteiger charge is 2.53. The Morgan fingerprint density at radius 3 is 2.65 bits per heavy atom. The van der Waals surface area contributed by atoms with Crippen LogP contribution in [0.5, 0.6) is 5.75 Å². The van der Waals surface area contributed by atoms with Crippen LogP contribution in [0.2, 0.25) is 0 Å². The van der Waals surface area contributed by atoms with Crippen LogP contribution in [0.1, 0.15) is 25.0 Å². The monoisotopic (exact) mass is 377 g/mol. The molecule has 0 unspecified atom stereocenters. The van der Waals surface area contributed by atoms with E-state index >= 15 is 0 Å². The summed E-state index contributed by atoms with van der Waals surface area (Å²) in [7, 11) is -2.06. The van der Waals surface area contributed by atoms with Gasteiger partial charge in [-0.2, -0.15) is 4.31 Å². The molecule has 4 rings (SSSR count). The maximum atomic E-state index is 13.1. The lowest BCUT2D eigenvalue weighted by molar-refractivity contribution is -0.0795. The molecule has 1 aromatic heterocycles. The van der Waals surface area contributed by atoms with Crippen LogP contribution in [-0.4, -0.2) is 38.0 Å². The molecule has 1 aliphatic heterocycles. The van der Waals surface area contributed by atoms with Crippen LogP contribution in [0, 0.1) is 11.8 Å². The van der Waals surface area contributed by atoms with Crippen LogP contribution in [0.4, 0.5) is 0 Å². The second-order valence-corrected chi connectivity index (χ2v) is 9.10. The van der Waals surface area contributed by atoms with Crippen molar-refractivity contribution >= 4 is 10.0 Å². The van der Waals surface area contributed by atoms with Gasteiger partial charge in [0.05, 0.1) is 18.3 Å². The van der Waals surface area contributed by atoms with Crippen molar-refractivity contribution in [2.24, 2.45) is 11.8 Å². The van der Waals surface area contributed by atoms with E-state index in [0.717, 1.165) is 12.8 Å². The van der Waals surface area contributed by atoms with Crippen LogP contribution in [-0.2, 0) is 15.6 Å². The molecule has 1 N–H and O–H groups in total. The van der Waals surface area contributed by atoms with Crippen molar-refractivity contribution in [3.05, 3.63) is 48.4 Å². The molecule has 2 aliphatic rings. The standard InChI is InChI=1S/C19H23NO5S/c1-24-15-6-8-16(9-7-15)26(22,23)20-12-14-4-2-10-19(21,17(14)13-20)18-5-3-11-25-18/h3,5-9,11,14,17,21H,2,4,10,12-13H2,1H3/t14-,17-,19-/m1/s1. The van der Waals surface area contributed by atoms with Gasteiger partial charge in [0.2, 0.25) is 10.0 Å². The van der Waals surface area contributed by atoms with Crippen LogP contribution in [0.25, 0.3) is 0 Å². The van der Waals surface area contributed by atoms with E-state index in [2.05, 4.69) is 0 Å². The van der Waals surface area contributed by atoms with E-state index in [1.807, 2.05) is 0 Å². The van der Waals surface area contributed by atoms with Gasteiger partial charge in [0, 0.05) is 19.0 Å². The fourth-order valence-electron chi connectivity index (χ4n) is 4.41. The zero-order valence-corrected chi connectivity index (χ0v) is 15.5. The first-order valence-corrected chi connectivity index (χ1v) is 10.3. The quantitative estimate of drug-likeness (QED) is 0.886. The first-order chi connectivity index (χ1) is 12.4. The molecule has 1 aliphatic carbocycles. The molecule has 3 atom stereocenters. The van der Waals surface area contributed by atoms with Gasteiger partial charge < -0.3 is 14.3 Å². The van der Waals surface area contributed by atoms with E-state index in [1.54, 1.807) is 49.8 Å². The summed E-state index contributed by atoms with van der Waals surface area (Å²) in [5.74, 6) is 1.13. The minimum atomic E-state index is -3.60. The highest BCUT2D eigenvalue weighted by atomic mass is 32.2. The van der Waals surface area contributed by atoms with Gasteiger partial charge in [-0.3, -0.25) is 0 Å². The zero-order chi connectivity index (χ0) is 18.4. The Morgan fingerprint density at radius 1 is 1.23 bits per heavy atom. The summed E-state index contributed by atoms with van der Waals surface area (Å²) >= 11 is 0. The topological polar surface area (TPSA) is 80.0 Å². The van der Waals surface area contributed by atoms with E-state index in [0.29, 0.717) is 31.0 Å². The molecule has 7 heteroatoms. The molecule has 140 valence electrons. The molecule has 0 bridgehead atoms. The van der Waals surface area contributed by atoms with Crippen LogP contribution >= 0.6 is 0 Å². The van der Waals surface area contributed by atoms with E-state index in [4.69, 9.17) is 9.15 Å². The van der Waals surface area contributed by atoms with Crippen molar-refractivity contribution in [1.82, 2.24) is 4.31 Å². The van der Waals surface area contributed by atoms with Gasteiger partial charge in [-0.05, 0) is 61.6 Å². The van der Waals surface area contributed by atoms with Gasteiger partial charge in [-0.1, -0.05) is 0 Å². The molecule has 0 radical (unpaired) electrons. The molecule has 1 aromatic carbocycles. The molecule has 0 amide bonds. The Kier molecular flexibility index (Phi) is 4.33. The lowest BCUT2D eigenvalue weighted by Crippen LogP contribution is -2.42. The average Bonchev–Trinajstić information content (AvgIpc) is 3.33. The average molecular weight is 377 g/mol. The van der Waals surface area contributed by atoms with Crippen molar-refractivity contribution in [1.29, 1.82) is 0 Å². The van der Waals surface area contributed by atoms with Gasteiger partial charge in [0.1, 0.15) is 17.1 Å². The summed E-state index contributed by atoms with van der Waals surface area (Å²) in [6.45, 7) is 0.734. The molecule has 0 spiro atoms. The first-order valence-electron chi connectivity index (χ1n) is 8.86. The SMILES string of the molecule is COc1ccc(S(=O)(=O)N2C[C@H]3CCC[C@](O)(c4ccco4)[C@@H]3C2)cc1. The molecular formula is C19H23NO5S. The maximum Gasteiger partial charge on any atom is 0.243 e. The minimum absolute atomic E-state index is 0.131. The van der Waals surface area contributed by atoms with E-state index in [1.165, 1.54) is 4.31 Å². The van der Waals surface area contributed by atoms with Crippen molar-refractivity contribution in [3.63, 3.8) is 0 Å². The van der Waals surface area contributed by atoms with E-state index < -0.39 is 15.6 Å². The summed E-state index contributed by atoms with van der Waals surface area (Å²) in [5.41, 5.74) is -1.10.